The SMILES string of the molecule is CCNCc1ccc(CN2CC=C(C(F)(F)F)CC2)nc1. The van der Waals surface area contributed by atoms with Gasteiger partial charge < -0.3 is 5.32 Å². The molecule has 1 N–H and O–H groups in total. The van der Waals surface area contributed by atoms with Gasteiger partial charge in [-0.2, -0.15) is 13.2 Å². The summed E-state index contributed by atoms with van der Waals surface area (Å²) in [6.07, 6.45) is -1.03. The maximum Gasteiger partial charge on any atom is 0.412 e. The average molecular weight is 299 g/mol. The minimum atomic E-state index is -4.18. The normalized spacial score (nSPS) is 16.9. The van der Waals surface area contributed by atoms with Gasteiger partial charge in [-0.05, 0) is 24.6 Å². The highest BCUT2D eigenvalue weighted by Crippen LogP contribution is 2.30. The number of nitrogens with zero attached hydrogens (tertiary/aromatic N) is 2. The number of hydrogen-bond donors (Lipinski definition) is 1. The molecule has 1 aliphatic rings. The Morgan fingerprint density at radius 2 is 2.14 bits per heavy atom. The summed E-state index contributed by atoms with van der Waals surface area (Å²) in [5.41, 5.74) is 1.59. The van der Waals surface area contributed by atoms with Crippen molar-refractivity contribution in [1.82, 2.24) is 15.2 Å². The van der Waals surface area contributed by atoms with E-state index in [-0.39, 0.29) is 6.42 Å². The summed E-state index contributed by atoms with van der Waals surface area (Å²) < 4.78 is 37.6. The van der Waals surface area contributed by atoms with E-state index < -0.39 is 11.7 Å². The van der Waals surface area contributed by atoms with E-state index in [2.05, 4.69) is 10.3 Å². The van der Waals surface area contributed by atoms with Gasteiger partial charge in [-0.15, -0.1) is 0 Å². The highest BCUT2D eigenvalue weighted by molar-refractivity contribution is 5.16. The predicted molar refractivity (Wildman–Crippen MR) is 75.6 cm³/mol. The van der Waals surface area contributed by atoms with Gasteiger partial charge in [0.05, 0.1) is 5.69 Å². The smallest absolute Gasteiger partial charge is 0.313 e. The number of aromatic nitrogens is 1. The first-order chi connectivity index (χ1) is 9.99. The van der Waals surface area contributed by atoms with E-state index in [1.54, 1.807) is 0 Å². The molecule has 2 heterocycles. The molecule has 1 aromatic rings. The first-order valence-electron chi connectivity index (χ1n) is 7.12. The van der Waals surface area contributed by atoms with E-state index >= 15 is 0 Å². The fraction of sp³-hybridized carbons (Fsp3) is 0.533. The summed E-state index contributed by atoms with van der Waals surface area (Å²) in [5.74, 6) is 0. The molecule has 0 amide bonds. The summed E-state index contributed by atoms with van der Waals surface area (Å²) in [6.45, 7) is 5.07. The Morgan fingerprint density at radius 3 is 2.67 bits per heavy atom. The molecule has 0 atom stereocenters. The lowest BCUT2D eigenvalue weighted by atomic mass is 10.1. The molecule has 1 aromatic heterocycles. The standard InChI is InChI=1S/C15H20F3N3/c1-2-19-9-12-3-4-14(20-10-12)11-21-7-5-13(6-8-21)15(16,17)18/h3-5,10,19H,2,6-9,11H2,1H3. The van der Waals surface area contributed by atoms with Gasteiger partial charge in [-0.25, -0.2) is 0 Å². The van der Waals surface area contributed by atoms with Crippen molar-refractivity contribution in [1.29, 1.82) is 0 Å². The summed E-state index contributed by atoms with van der Waals surface area (Å²) >= 11 is 0. The highest BCUT2D eigenvalue weighted by Gasteiger charge is 2.34. The molecular formula is C15H20F3N3. The molecule has 0 spiro atoms. The first-order valence-corrected chi connectivity index (χ1v) is 7.12. The molecule has 6 heteroatoms. The third kappa shape index (κ3) is 4.82. The second-order valence-corrected chi connectivity index (χ2v) is 5.15. The first kappa shape index (κ1) is 16.0. The van der Waals surface area contributed by atoms with Crippen molar-refractivity contribution in [3.05, 3.63) is 41.2 Å². The Hall–Kier alpha value is -1.40. The molecule has 21 heavy (non-hydrogen) atoms. The maximum atomic E-state index is 12.5. The van der Waals surface area contributed by atoms with Crippen LogP contribution in [0.15, 0.2) is 30.0 Å². The molecule has 0 saturated carbocycles. The van der Waals surface area contributed by atoms with Crippen LogP contribution in [0.4, 0.5) is 13.2 Å². The molecule has 1 aliphatic heterocycles. The second-order valence-electron chi connectivity index (χ2n) is 5.15. The summed E-state index contributed by atoms with van der Waals surface area (Å²) in [6, 6.07) is 3.95. The Labute approximate surface area is 122 Å². The molecule has 0 unspecified atom stereocenters. The van der Waals surface area contributed by atoms with Gasteiger partial charge in [0.1, 0.15) is 0 Å². The Balaban J connectivity index is 1.87. The topological polar surface area (TPSA) is 28.2 Å². The lowest BCUT2D eigenvalue weighted by Crippen LogP contribution is -2.31. The zero-order valence-corrected chi connectivity index (χ0v) is 12.1. The third-order valence-electron chi connectivity index (χ3n) is 3.51. The fourth-order valence-electron chi connectivity index (χ4n) is 2.26. The van der Waals surface area contributed by atoms with Crippen molar-refractivity contribution in [2.75, 3.05) is 19.6 Å². The van der Waals surface area contributed by atoms with Gasteiger partial charge in [0.15, 0.2) is 0 Å². The van der Waals surface area contributed by atoms with Gasteiger partial charge in [0.25, 0.3) is 0 Å². The van der Waals surface area contributed by atoms with E-state index in [0.717, 1.165) is 24.3 Å². The molecule has 3 nitrogen and oxygen atoms in total. The summed E-state index contributed by atoms with van der Waals surface area (Å²) in [5, 5.41) is 3.22. The van der Waals surface area contributed by atoms with Crippen LogP contribution in [0, 0.1) is 0 Å². The van der Waals surface area contributed by atoms with E-state index in [4.69, 9.17) is 0 Å². The Kier molecular flexibility index (Phi) is 5.36. The van der Waals surface area contributed by atoms with Crippen LogP contribution in [0.1, 0.15) is 24.6 Å². The number of alkyl halides is 3. The third-order valence-corrected chi connectivity index (χ3v) is 3.51. The van der Waals surface area contributed by atoms with Crippen LogP contribution in [0.5, 0.6) is 0 Å². The number of halogens is 3. The zero-order valence-electron chi connectivity index (χ0n) is 12.1. The van der Waals surface area contributed by atoms with E-state index in [1.807, 2.05) is 30.2 Å². The fourth-order valence-corrected chi connectivity index (χ4v) is 2.26. The van der Waals surface area contributed by atoms with Gasteiger partial charge in [-0.3, -0.25) is 9.88 Å². The van der Waals surface area contributed by atoms with Crippen molar-refractivity contribution in [2.45, 2.75) is 32.6 Å². The molecule has 0 aliphatic carbocycles. The lowest BCUT2D eigenvalue weighted by molar-refractivity contribution is -0.0960. The second kappa shape index (κ2) is 7.04. The largest absolute Gasteiger partial charge is 0.412 e. The quantitative estimate of drug-likeness (QED) is 0.847. The van der Waals surface area contributed by atoms with Crippen LogP contribution in [-0.2, 0) is 13.1 Å². The van der Waals surface area contributed by atoms with Crippen molar-refractivity contribution < 1.29 is 13.2 Å². The molecule has 116 valence electrons. The van der Waals surface area contributed by atoms with Crippen molar-refractivity contribution in [2.24, 2.45) is 0 Å². The van der Waals surface area contributed by atoms with E-state index in [0.29, 0.717) is 19.6 Å². The Morgan fingerprint density at radius 1 is 1.33 bits per heavy atom. The van der Waals surface area contributed by atoms with Crippen molar-refractivity contribution >= 4 is 0 Å². The van der Waals surface area contributed by atoms with Crippen molar-refractivity contribution in [3.8, 4) is 0 Å². The molecule has 0 radical (unpaired) electrons. The predicted octanol–water partition coefficient (Wildman–Crippen LogP) is 2.89. The minimum absolute atomic E-state index is 0.0575. The van der Waals surface area contributed by atoms with Crippen LogP contribution >= 0.6 is 0 Å². The van der Waals surface area contributed by atoms with Gasteiger partial charge >= 0.3 is 6.18 Å². The molecule has 0 fully saturated rings. The van der Waals surface area contributed by atoms with E-state index in [9.17, 15) is 13.2 Å². The number of nitrogens with one attached hydrogen (secondary N) is 1. The number of pyridine rings is 1. The summed E-state index contributed by atoms with van der Waals surface area (Å²) in [4.78, 5) is 6.34. The molecule has 2 rings (SSSR count). The van der Waals surface area contributed by atoms with Gasteiger partial charge in [0.2, 0.25) is 0 Å². The molecule has 0 bridgehead atoms. The molecule has 0 aromatic carbocycles. The number of hydrogen-bond acceptors (Lipinski definition) is 3. The van der Waals surface area contributed by atoms with Crippen LogP contribution in [0.3, 0.4) is 0 Å². The summed E-state index contributed by atoms with van der Waals surface area (Å²) in [7, 11) is 0. The Bertz CT molecular complexity index is 480. The van der Waals surface area contributed by atoms with Crippen LogP contribution < -0.4 is 5.32 Å². The monoisotopic (exact) mass is 299 g/mol. The lowest BCUT2D eigenvalue weighted by Gasteiger charge is -2.26. The van der Waals surface area contributed by atoms with Crippen molar-refractivity contribution in [3.63, 3.8) is 0 Å². The molecule has 0 saturated heterocycles. The highest BCUT2D eigenvalue weighted by atomic mass is 19.4. The van der Waals surface area contributed by atoms with Crippen LogP contribution in [-0.4, -0.2) is 35.7 Å². The molecular weight excluding hydrogens is 279 g/mol. The zero-order chi connectivity index (χ0) is 15.3. The van der Waals surface area contributed by atoms with E-state index in [1.165, 1.54) is 6.08 Å². The average Bonchev–Trinajstić information content (AvgIpc) is 2.46. The van der Waals surface area contributed by atoms with Crippen LogP contribution in [0.25, 0.3) is 0 Å². The van der Waals surface area contributed by atoms with Crippen LogP contribution in [0.2, 0.25) is 0 Å². The number of rotatable bonds is 5. The maximum absolute atomic E-state index is 12.5. The minimum Gasteiger partial charge on any atom is -0.313 e. The van der Waals surface area contributed by atoms with Gasteiger partial charge in [-0.1, -0.05) is 19.1 Å². The van der Waals surface area contributed by atoms with Gasteiger partial charge in [0, 0.05) is 37.9 Å².